The number of rotatable bonds is 3. The molecule has 0 spiro atoms. The molecule has 0 aliphatic rings. The zero-order chi connectivity index (χ0) is 10.6. The Labute approximate surface area is 96.8 Å². The lowest BCUT2D eigenvalue weighted by atomic mass is 10.2. The van der Waals surface area contributed by atoms with Gasteiger partial charge in [-0.2, -0.15) is 5.26 Å². The van der Waals surface area contributed by atoms with E-state index in [4.69, 9.17) is 14.7 Å². The van der Waals surface area contributed by atoms with E-state index in [-0.39, 0.29) is 0 Å². The van der Waals surface area contributed by atoms with E-state index in [1.54, 1.807) is 6.07 Å². The van der Waals surface area contributed by atoms with Crippen LogP contribution >= 0.6 is 22.6 Å². The number of nitrogens with zero attached hydrogens (tertiary/aromatic N) is 1. The average Bonchev–Trinajstić information content (AvgIpc) is 2.17. The number of hydrogen-bond acceptors (Lipinski definition) is 3. The Balaban J connectivity index is 3.26. The van der Waals surface area contributed by atoms with Crippen molar-refractivity contribution in [3.8, 4) is 17.6 Å². The monoisotopic (exact) mass is 303 g/mol. The molecule has 1 aromatic carbocycles. The standard InChI is InChI=1S/C10H10INO2/c1-3-14-9-5-8(11)4-7(6-12)10(9)13-2/h4-5H,3H2,1-2H3. The van der Waals surface area contributed by atoms with Gasteiger partial charge in [0.1, 0.15) is 6.07 Å². The van der Waals surface area contributed by atoms with Crippen molar-refractivity contribution in [3.05, 3.63) is 21.3 Å². The van der Waals surface area contributed by atoms with Crippen molar-refractivity contribution in [2.75, 3.05) is 13.7 Å². The third-order valence-corrected chi connectivity index (χ3v) is 2.27. The van der Waals surface area contributed by atoms with Gasteiger partial charge in [0.2, 0.25) is 0 Å². The van der Waals surface area contributed by atoms with Crippen molar-refractivity contribution in [1.29, 1.82) is 5.26 Å². The molecule has 0 aliphatic carbocycles. The molecule has 0 saturated heterocycles. The van der Waals surface area contributed by atoms with Crippen LogP contribution in [0.5, 0.6) is 11.5 Å². The van der Waals surface area contributed by atoms with Gasteiger partial charge in [-0.05, 0) is 41.6 Å². The highest BCUT2D eigenvalue weighted by Gasteiger charge is 2.11. The van der Waals surface area contributed by atoms with E-state index in [1.807, 2.05) is 13.0 Å². The quantitative estimate of drug-likeness (QED) is 0.806. The van der Waals surface area contributed by atoms with Crippen molar-refractivity contribution in [3.63, 3.8) is 0 Å². The van der Waals surface area contributed by atoms with Gasteiger partial charge >= 0.3 is 0 Å². The highest BCUT2D eigenvalue weighted by Crippen LogP contribution is 2.32. The summed E-state index contributed by atoms with van der Waals surface area (Å²) >= 11 is 2.14. The second kappa shape index (κ2) is 5.05. The van der Waals surface area contributed by atoms with Gasteiger partial charge in [0, 0.05) is 3.57 Å². The molecule has 0 aromatic heterocycles. The van der Waals surface area contributed by atoms with Gasteiger partial charge in [0.05, 0.1) is 19.3 Å². The van der Waals surface area contributed by atoms with Gasteiger partial charge < -0.3 is 9.47 Å². The fraction of sp³-hybridized carbons (Fsp3) is 0.300. The average molecular weight is 303 g/mol. The second-order valence-electron chi connectivity index (χ2n) is 2.53. The Morgan fingerprint density at radius 1 is 1.50 bits per heavy atom. The van der Waals surface area contributed by atoms with E-state index in [0.717, 1.165) is 3.57 Å². The van der Waals surface area contributed by atoms with E-state index in [0.29, 0.717) is 23.7 Å². The van der Waals surface area contributed by atoms with Crippen LogP contribution in [0.2, 0.25) is 0 Å². The minimum absolute atomic E-state index is 0.503. The van der Waals surface area contributed by atoms with Crippen LogP contribution < -0.4 is 9.47 Å². The molecular formula is C10H10INO2. The first-order chi connectivity index (χ1) is 6.72. The molecule has 0 atom stereocenters. The molecule has 1 rings (SSSR count). The third-order valence-electron chi connectivity index (χ3n) is 1.64. The molecule has 0 radical (unpaired) electrons. The molecule has 4 heteroatoms. The zero-order valence-corrected chi connectivity index (χ0v) is 10.2. The van der Waals surface area contributed by atoms with E-state index >= 15 is 0 Å². The highest BCUT2D eigenvalue weighted by molar-refractivity contribution is 14.1. The van der Waals surface area contributed by atoms with Crippen LogP contribution in [0.1, 0.15) is 12.5 Å². The Morgan fingerprint density at radius 3 is 2.71 bits per heavy atom. The van der Waals surface area contributed by atoms with Gasteiger partial charge in [-0.25, -0.2) is 0 Å². The maximum absolute atomic E-state index is 8.88. The Kier molecular flexibility index (Phi) is 4.01. The first kappa shape index (κ1) is 11.1. The lowest BCUT2D eigenvalue weighted by molar-refractivity contribution is 0.310. The molecule has 0 aliphatic heterocycles. The van der Waals surface area contributed by atoms with Crippen LogP contribution in [0, 0.1) is 14.9 Å². The largest absolute Gasteiger partial charge is 0.492 e. The minimum atomic E-state index is 0.503. The Hall–Kier alpha value is -0.960. The summed E-state index contributed by atoms with van der Waals surface area (Å²) in [4.78, 5) is 0. The number of hydrogen-bond donors (Lipinski definition) is 0. The van der Waals surface area contributed by atoms with Crippen molar-refractivity contribution >= 4 is 22.6 Å². The summed E-state index contributed by atoms with van der Waals surface area (Å²) in [6.45, 7) is 2.45. The van der Waals surface area contributed by atoms with Crippen molar-refractivity contribution in [2.24, 2.45) is 0 Å². The smallest absolute Gasteiger partial charge is 0.178 e. The summed E-state index contributed by atoms with van der Waals surface area (Å²) in [7, 11) is 1.53. The summed E-state index contributed by atoms with van der Waals surface area (Å²) in [5, 5.41) is 8.88. The van der Waals surface area contributed by atoms with Crippen LogP contribution in [0.3, 0.4) is 0 Å². The fourth-order valence-electron chi connectivity index (χ4n) is 1.12. The van der Waals surface area contributed by atoms with E-state index in [9.17, 15) is 0 Å². The summed E-state index contributed by atoms with van der Waals surface area (Å²) in [6.07, 6.45) is 0. The Bertz CT molecular complexity index is 371. The van der Waals surface area contributed by atoms with E-state index in [1.165, 1.54) is 7.11 Å². The topological polar surface area (TPSA) is 42.2 Å². The maximum Gasteiger partial charge on any atom is 0.178 e. The van der Waals surface area contributed by atoms with Crippen molar-refractivity contribution in [1.82, 2.24) is 0 Å². The summed E-state index contributed by atoms with van der Waals surface area (Å²) in [5.41, 5.74) is 0.503. The summed E-state index contributed by atoms with van der Waals surface area (Å²) in [5.74, 6) is 1.13. The molecule has 0 bridgehead atoms. The number of nitriles is 1. The third kappa shape index (κ3) is 2.29. The molecule has 0 unspecified atom stereocenters. The fourth-order valence-corrected chi connectivity index (χ4v) is 1.72. The van der Waals surface area contributed by atoms with Gasteiger partial charge in [0.15, 0.2) is 11.5 Å². The zero-order valence-electron chi connectivity index (χ0n) is 8.00. The molecule has 0 fully saturated rings. The van der Waals surface area contributed by atoms with Gasteiger partial charge in [0.25, 0.3) is 0 Å². The van der Waals surface area contributed by atoms with Crippen molar-refractivity contribution in [2.45, 2.75) is 6.92 Å². The van der Waals surface area contributed by atoms with Crippen LogP contribution in [-0.4, -0.2) is 13.7 Å². The number of halogens is 1. The summed E-state index contributed by atoms with van der Waals surface area (Å²) in [6, 6.07) is 5.69. The first-order valence-electron chi connectivity index (χ1n) is 4.13. The maximum atomic E-state index is 8.88. The molecule has 0 saturated carbocycles. The molecule has 14 heavy (non-hydrogen) atoms. The highest BCUT2D eigenvalue weighted by atomic mass is 127. The number of ether oxygens (including phenoxy) is 2. The SMILES string of the molecule is CCOc1cc(I)cc(C#N)c1OC. The lowest BCUT2D eigenvalue weighted by Crippen LogP contribution is -1.98. The van der Waals surface area contributed by atoms with Gasteiger partial charge in [-0.1, -0.05) is 0 Å². The Morgan fingerprint density at radius 2 is 2.21 bits per heavy atom. The predicted molar refractivity (Wildman–Crippen MR) is 61.6 cm³/mol. The molecule has 74 valence electrons. The second-order valence-corrected chi connectivity index (χ2v) is 3.78. The van der Waals surface area contributed by atoms with E-state index < -0.39 is 0 Å². The number of benzene rings is 1. The van der Waals surface area contributed by atoms with Crippen LogP contribution in [0.4, 0.5) is 0 Å². The first-order valence-corrected chi connectivity index (χ1v) is 5.21. The minimum Gasteiger partial charge on any atom is -0.492 e. The normalized spacial score (nSPS) is 9.29. The van der Waals surface area contributed by atoms with Crippen LogP contribution in [0.15, 0.2) is 12.1 Å². The van der Waals surface area contributed by atoms with Crippen molar-refractivity contribution < 1.29 is 9.47 Å². The molecular weight excluding hydrogens is 293 g/mol. The molecule has 1 aromatic rings. The molecule has 3 nitrogen and oxygen atoms in total. The predicted octanol–water partition coefficient (Wildman–Crippen LogP) is 2.57. The van der Waals surface area contributed by atoms with E-state index in [2.05, 4.69) is 28.7 Å². The lowest BCUT2D eigenvalue weighted by Gasteiger charge is -2.10. The van der Waals surface area contributed by atoms with Crippen LogP contribution in [-0.2, 0) is 0 Å². The number of methoxy groups -OCH3 is 1. The van der Waals surface area contributed by atoms with Gasteiger partial charge in [-0.3, -0.25) is 0 Å². The molecule has 0 N–H and O–H groups in total. The molecule has 0 heterocycles. The summed E-state index contributed by atoms with van der Waals surface area (Å²) < 4.78 is 11.5. The van der Waals surface area contributed by atoms with Crippen LogP contribution in [0.25, 0.3) is 0 Å². The van der Waals surface area contributed by atoms with Gasteiger partial charge in [-0.15, -0.1) is 0 Å². The molecule has 0 amide bonds.